The zero-order valence-electron chi connectivity index (χ0n) is 12.6. The van der Waals surface area contributed by atoms with Gasteiger partial charge in [0, 0.05) is 5.56 Å². The number of alkyl halides is 6. The molecule has 11 heteroatoms. The smallest absolute Gasteiger partial charge is 0.406 e. The predicted molar refractivity (Wildman–Crippen MR) is 76.4 cm³/mol. The number of aromatic nitrogens is 2. The molecule has 0 fully saturated rings. The van der Waals surface area contributed by atoms with Gasteiger partial charge in [0.2, 0.25) is 0 Å². The lowest BCUT2D eigenvalue weighted by Gasteiger charge is -2.09. The number of ether oxygens (including phenoxy) is 1. The molecule has 26 heavy (non-hydrogen) atoms. The SMILES string of the molecule is O=c1oc2ccc(-c3ccc(OC(F)(F)F)cc3)nc2n1CC(F)(F)F. The summed E-state index contributed by atoms with van der Waals surface area (Å²) in [5.74, 6) is -1.67. The maximum atomic E-state index is 12.6. The second kappa shape index (κ2) is 6.07. The highest BCUT2D eigenvalue weighted by Gasteiger charge is 2.32. The van der Waals surface area contributed by atoms with Gasteiger partial charge in [-0.3, -0.25) is 0 Å². The molecule has 0 spiro atoms. The molecular formula is C15H8F6N2O3. The van der Waals surface area contributed by atoms with Crippen LogP contribution in [-0.4, -0.2) is 22.1 Å². The summed E-state index contributed by atoms with van der Waals surface area (Å²) < 4.78 is 83.0. The summed E-state index contributed by atoms with van der Waals surface area (Å²) in [5.41, 5.74) is 0.00174. The fourth-order valence-corrected chi connectivity index (χ4v) is 2.25. The van der Waals surface area contributed by atoms with Crippen LogP contribution in [0, 0.1) is 0 Å². The number of nitrogens with zero attached hydrogens (tertiary/aromatic N) is 2. The Morgan fingerprint density at radius 2 is 1.65 bits per heavy atom. The van der Waals surface area contributed by atoms with Crippen molar-refractivity contribution in [2.75, 3.05) is 0 Å². The second-order valence-electron chi connectivity index (χ2n) is 5.16. The lowest BCUT2D eigenvalue weighted by molar-refractivity contribution is -0.274. The molecule has 0 aliphatic rings. The van der Waals surface area contributed by atoms with E-state index in [-0.39, 0.29) is 16.9 Å². The number of oxazole rings is 1. The van der Waals surface area contributed by atoms with Gasteiger partial charge in [0.1, 0.15) is 12.3 Å². The zero-order chi connectivity index (χ0) is 19.1. The minimum atomic E-state index is -4.84. The topological polar surface area (TPSA) is 57.3 Å². The van der Waals surface area contributed by atoms with Crippen molar-refractivity contribution in [2.24, 2.45) is 0 Å². The third-order valence-electron chi connectivity index (χ3n) is 3.23. The average Bonchev–Trinajstić information content (AvgIpc) is 2.80. The van der Waals surface area contributed by atoms with Crippen molar-refractivity contribution < 1.29 is 35.5 Å². The van der Waals surface area contributed by atoms with Crippen LogP contribution >= 0.6 is 0 Å². The van der Waals surface area contributed by atoms with E-state index < -0.39 is 30.6 Å². The van der Waals surface area contributed by atoms with Crippen molar-refractivity contribution in [1.82, 2.24) is 9.55 Å². The van der Waals surface area contributed by atoms with Gasteiger partial charge in [-0.15, -0.1) is 13.2 Å². The highest BCUT2D eigenvalue weighted by Crippen LogP contribution is 2.27. The highest BCUT2D eigenvalue weighted by molar-refractivity contribution is 5.73. The van der Waals surface area contributed by atoms with Crippen LogP contribution in [0.5, 0.6) is 5.75 Å². The average molecular weight is 378 g/mol. The maximum absolute atomic E-state index is 12.6. The summed E-state index contributed by atoms with van der Waals surface area (Å²) in [4.78, 5) is 15.5. The summed E-state index contributed by atoms with van der Waals surface area (Å²) in [6, 6.07) is 7.19. The number of pyridine rings is 1. The van der Waals surface area contributed by atoms with Crippen LogP contribution in [0.3, 0.4) is 0 Å². The third-order valence-corrected chi connectivity index (χ3v) is 3.23. The first-order chi connectivity index (χ1) is 12.0. The molecule has 0 atom stereocenters. The summed E-state index contributed by atoms with van der Waals surface area (Å²) >= 11 is 0. The number of rotatable bonds is 3. The summed E-state index contributed by atoms with van der Waals surface area (Å²) in [6.45, 7) is -1.58. The Morgan fingerprint density at radius 3 is 2.23 bits per heavy atom. The van der Waals surface area contributed by atoms with Crippen LogP contribution in [0.25, 0.3) is 22.5 Å². The van der Waals surface area contributed by atoms with Crippen molar-refractivity contribution >= 4 is 11.2 Å². The van der Waals surface area contributed by atoms with E-state index in [1.807, 2.05) is 0 Å². The molecule has 0 radical (unpaired) electrons. The van der Waals surface area contributed by atoms with E-state index in [4.69, 9.17) is 4.42 Å². The predicted octanol–water partition coefficient (Wildman–Crippen LogP) is 4.12. The van der Waals surface area contributed by atoms with Gasteiger partial charge in [-0.25, -0.2) is 14.3 Å². The fraction of sp³-hybridized carbons (Fsp3) is 0.200. The minimum absolute atomic E-state index is 0.139. The van der Waals surface area contributed by atoms with Crippen LogP contribution in [0.2, 0.25) is 0 Å². The normalized spacial score (nSPS) is 12.5. The summed E-state index contributed by atoms with van der Waals surface area (Å²) in [5, 5.41) is 0. The largest absolute Gasteiger partial charge is 0.573 e. The van der Waals surface area contributed by atoms with Gasteiger partial charge >= 0.3 is 18.3 Å². The molecule has 2 heterocycles. The van der Waals surface area contributed by atoms with E-state index >= 15 is 0 Å². The Bertz CT molecular complexity index is 986. The molecule has 1 aromatic carbocycles. The number of benzene rings is 1. The summed E-state index contributed by atoms with van der Waals surface area (Å²) in [6.07, 6.45) is -9.50. The molecule has 0 saturated carbocycles. The maximum Gasteiger partial charge on any atom is 0.573 e. The van der Waals surface area contributed by atoms with Gasteiger partial charge in [0.25, 0.3) is 0 Å². The lowest BCUT2D eigenvalue weighted by Crippen LogP contribution is -2.25. The lowest BCUT2D eigenvalue weighted by atomic mass is 10.1. The molecule has 0 bridgehead atoms. The van der Waals surface area contributed by atoms with Crippen LogP contribution in [0.4, 0.5) is 26.3 Å². The van der Waals surface area contributed by atoms with E-state index in [1.165, 1.54) is 24.3 Å². The molecule has 0 amide bonds. The zero-order valence-corrected chi connectivity index (χ0v) is 12.6. The Hall–Kier alpha value is -2.98. The highest BCUT2D eigenvalue weighted by atomic mass is 19.4. The quantitative estimate of drug-likeness (QED) is 0.644. The molecule has 0 aliphatic carbocycles. The van der Waals surface area contributed by atoms with Crippen LogP contribution in [0.15, 0.2) is 45.6 Å². The van der Waals surface area contributed by atoms with E-state index in [0.717, 1.165) is 12.1 Å². The molecule has 5 nitrogen and oxygen atoms in total. The molecule has 0 aliphatic heterocycles. The first kappa shape index (κ1) is 17.8. The Balaban J connectivity index is 1.98. The Kier molecular flexibility index (Phi) is 4.17. The van der Waals surface area contributed by atoms with Crippen molar-refractivity contribution in [3.05, 3.63) is 46.9 Å². The molecule has 0 saturated heterocycles. The number of hydrogen-bond donors (Lipinski definition) is 0. The third kappa shape index (κ3) is 3.98. The van der Waals surface area contributed by atoms with Crippen LogP contribution < -0.4 is 10.5 Å². The Morgan fingerprint density at radius 1 is 1.00 bits per heavy atom. The van der Waals surface area contributed by atoms with E-state index in [1.54, 1.807) is 0 Å². The van der Waals surface area contributed by atoms with Crippen molar-refractivity contribution in [1.29, 1.82) is 0 Å². The van der Waals surface area contributed by atoms with Gasteiger partial charge in [0.05, 0.1) is 5.69 Å². The minimum Gasteiger partial charge on any atom is -0.406 e. The first-order valence-corrected chi connectivity index (χ1v) is 6.95. The van der Waals surface area contributed by atoms with Crippen molar-refractivity contribution in [3.63, 3.8) is 0 Å². The van der Waals surface area contributed by atoms with Crippen LogP contribution in [0.1, 0.15) is 0 Å². The molecule has 0 unspecified atom stereocenters. The van der Waals surface area contributed by atoms with Gasteiger partial charge < -0.3 is 9.15 Å². The Labute approximate surface area is 140 Å². The molecule has 3 rings (SSSR count). The monoisotopic (exact) mass is 378 g/mol. The molecule has 2 aromatic heterocycles. The fourth-order valence-electron chi connectivity index (χ4n) is 2.25. The second-order valence-corrected chi connectivity index (χ2v) is 5.16. The van der Waals surface area contributed by atoms with Gasteiger partial charge in [-0.2, -0.15) is 13.2 Å². The van der Waals surface area contributed by atoms with Crippen LogP contribution in [-0.2, 0) is 6.54 Å². The number of fused-ring (bicyclic) bond motifs is 1. The van der Waals surface area contributed by atoms with Gasteiger partial charge in [-0.05, 0) is 36.4 Å². The van der Waals surface area contributed by atoms with Crippen molar-refractivity contribution in [3.8, 4) is 17.0 Å². The van der Waals surface area contributed by atoms with Crippen molar-refractivity contribution in [2.45, 2.75) is 19.1 Å². The number of hydrogen-bond acceptors (Lipinski definition) is 4. The first-order valence-electron chi connectivity index (χ1n) is 6.95. The molecule has 138 valence electrons. The van der Waals surface area contributed by atoms with Gasteiger partial charge in [0.15, 0.2) is 11.2 Å². The van der Waals surface area contributed by atoms with E-state index in [2.05, 4.69) is 9.72 Å². The number of halogens is 6. The van der Waals surface area contributed by atoms with Gasteiger partial charge in [-0.1, -0.05) is 0 Å². The standard InChI is InChI=1S/C15H8F6N2O3/c16-14(17,18)7-23-12-11(25-13(23)24)6-5-10(22-12)8-1-3-9(4-2-8)26-15(19,20)21/h1-6H,7H2. The van der Waals surface area contributed by atoms with E-state index in [9.17, 15) is 31.1 Å². The molecule has 0 N–H and O–H groups in total. The van der Waals surface area contributed by atoms with E-state index in [0.29, 0.717) is 10.1 Å². The molecule has 3 aromatic rings. The summed E-state index contributed by atoms with van der Waals surface area (Å²) in [7, 11) is 0. The molecular weight excluding hydrogens is 370 g/mol.